The summed E-state index contributed by atoms with van der Waals surface area (Å²) in [5, 5.41) is 3.79. The molecule has 144 valence electrons. The number of piperazine rings is 1. The van der Waals surface area contributed by atoms with E-state index in [2.05, 4.69) is 36.5 Å². The van der Waals surface area contributed by atoms with Gasteiger partial charge in [-0.1, -0.05) is 53.6 Å². The van der Waals surface area contributed by atoms with Gasteiger partial charge in [0.1, 0.15) is 32.7 Å². The second kappa shape index (κ2) is 9.88. The predicted octanol–water partition coefficient (Wildman–Crippen LogP) is 0.291. The molecule has 1 heterocycles. The van der Waals surface area contributed by atoms with Crippen molar-refractivity contribution < 1.29 is 14.6 Å². The van der Waals surface area contributed by atoms with Crippen molar-refractivity contribution >= 4 is 17.5 Å². The first-order chi connectivity index (χ1) is 13.1. The molecule has 1 aliphatic heterocycles. The zero-order valence-electron chi connectivity index (χ0n) is 16.1. The fraction of sp³-hybridized carbons (Fsp3) is 0.409. The molecule has 3 N–H and O–H groups in total. The molecule has 0 aromatic heterocycles. The monoisotopic (exact) mass is 387 g/mol. The maximum absolute atomic E-state index is 12.2. The van der Waals surface area contributed by atoms with E-state index in [1.807, 2.05) is 24.3 Å². The number of rotatable bonds is 7. The summed E-state index contributed by atoms with van der Waals surface area (Å²) in [5.74, 6) is 0.147. The summed E-state index contributed by atoms with van der Waals surface area (Å²) in [6, 6.07) is 16.6. The second-order valence-electron chi connectivity index (χ2n) is 7.57. The Labute approximate surface area is 167 Å². The molecule has 27 heavy (non-hydrogen) atoms. The zero-order chi connectivity index (χ0) is 19.1. The van der Waals surface area contributed by atoms with Gasteiger partial charge in [0.05, 0.1) is 0 Å². The topological polar surface area (TPSA) is 38.0 Å². The largest absolute Gasteiger partial charge is 0.351 e. The molecular formula is C22H30ClN3O+2. The Morgan fingerprint density at radius 1 is 1.00 bits per heavy atom. The molecule has 1 amide bonds. The van der Waals surface area contributed by atoms with Crippen LogP contribution in [0.1, 0.15) is 16.7 Å². The van der Waals surface area contributed by atoms with Gasteiger partial charge in [0, 0.05) is 17.1 Å². The summed E-state index contributed by atoms with van der Waals surface area (Å²) >= 11 is 5.99. The van der Waals surface area contributed by atoms with E-state index in [1.54, 1.807) is 4.90 Å². The smallest absolute Gasteiger partial charge is 0.275 e. The lowest BCUT2D eigenvalue weighted by atomic mass is 10.1. The first kappa shape index (κ1) is 19.9. The number of carbonyl (C=O) groups excluding carboxylic acids is 1. The van der Waals surface area contributed by atoms with E-state index in [9.17, 15) is 4.79 Å². The van der Waals surface area contributed by atoms with E-state index < -0.39 is 0 Å². The minimum atomic E-state index is 0.147. The Morgan fingerprint density at radius 2 is 1.70 bits per heavy atom. The van der Waals surface area contributed by atoms with E-state index in [-0.39, 0.29) is 5.91 Å². The minimum Gasteiger partial charge on any atom is -0.351 e. The Balaban J connectivity index is 1.34. The third kappa shape index (κ3) is 6.65. The lowest BCUT2D eigenvalue weighted by Crippen LogP contribution is -3.28. The first-order valence-electron chi connectivity index (χ1n) is 9.82. The highest BCUT2D eigenvalue weighted by atomic mass is 35.5. The van der Waals surface area contributed by atoms with Crippen LogP contribution in [-0.2, 0) is 17.8 Å². The van der Waals surface area contributed by atoms with Crippen LogP contribution >= 0.6 is 11.6 Å². The van der Waals surface area contributed by atoms with Crippen molar-refractivity contribution in [1.82, 2.24) is 5.32 Å². The number of amides is 1. The lowest BCUT2D eigenvalue weighted by Gasteiger charge is -2.29. The van der Waals surface area contributed by atoms with Crippen molar-refractivity contribution in [3.63, 3.8) is 0 Å². The molecule has 0 aliphatic carbocycles. The molecule has 0 saturated carbocycles. The van der Waals surface area contributed by atoms with E-state index in [4.69, 9.17) is 11.6 Å². The molecule has 4 nitrogen and oxygen atoms in total. The van der Waals surface area contributed by atoms with Gasteiger partial charge in [0.25, 0.3) is 5.91 Å². The summed E-state index contributed by atoms with van der Waals surface area (Å²) < 4.78 is 0. The highest BCUT2D eigenvalue weighted by Crippen LogP contribution is 2.10. The number of aryl methyl sites for hydroxylation is 1. The molecule has 2 aromatic rings. The molecule has 0 unspecified atom stereocenters. The Morgan fingerprint density at radius 3 is 2.44 bits per heavy atom. The average molecular weight is 388 g/mol. The number of benzene rings is 2. The maximum Gasteiger partial charge on any atom is 0.275 e. The molecule has 1 aliphatic rings. The third-order valence-corrected chi connectivity index (χ3v) is 5.47. The van der Waals surface area contributed by atoms with Crippen LogP contribution in [0, 0.1) is 6.92 Å². The van der Waals surface area contributed by atoms with Gasteiger partial charge < -0.3 is 15.1 Å². The fourth-order valence-electron chi connectivity index (χ4n) is 3.75. The van der Waals surface area contributed by atoms with Crippen molar-refractivity contribution in [2.75, 3.05) is 39.3 Å². The van der Waals surface area contributed by atoms with Gasteiger partial charge in [-0.3, -0.25) is 4.79 Å². The van der Waals surface area contributed by atoms with Crippen molar-refractivity contribution in [2.45, 2.75) is 19.9 Å². The van der Waals surface area contributed by atoms with E-state index in [1.165, 1.54) is 16.0 Å². The summed E-state index contributed by atoms with van der Waals surface area (Å²) in [7, 11) is 0. The normalized spacial score (nSPS) is 19.6. The Hall–Kier alpha value is -1.88. The standard InChI is InChI=1S/C22H28ClN3O/c1-18-4-2-6-20(14-18)16-25-10-12-26(13-11-25)17-22(27)24-9-8-19-5-3-7-21(23)15-19/h2-7,14-15H,8-13,16-17H2,1H3,(H,24,27)/p+2. The van der Waals surface area contributed by atoms with Gasteiger partial charge in [-0.05, 0) is 31.0 Å². The quantitative estimate of drug-likeness (QED) is 0.627. The van der Waals surface area contributed by atoms with Crippen LogP contribution in [0.2, 0.25) is 5.02 Å². The Kier molecular flexibility index (Phi) is 7.27. The highest BCUT2D eigenvalue weighted by molar-refractivity contribution is 6.30. The number of halogens is 1. The summed E-state index contributed by atoms with van der Waals surface area (Å²) in [6.07, 6.45) is 0.816. The summed E-state index contributed by atoms with van der Waals surface area (Å²) in [4.78, 5) is 15.2. The molecule has 5 heteroatoms. The summed E-state index contributed by atoms with van der Waals surface area (Å²) in [6.45, 7) is 8.83. The van der Waals surface area contributed by atoms with Crippen molar-refractivity contribution in [3.8, 4) is 0 Å². The van der Waals surface area contributed by atoms with E-state index >= 15 is 0 Å². The molecule has 0 radical (unpaired) electrons. The average Bonchev–Trinajstić information content (AvgIpc) is 2.63. The highest BCUT2D eigenvalue weighted by Gasteiger charge is 2.24. The Bertz CT molecular complexity index is 757. The second-order valence-corrected chi connectivity index (χ2v) is 8.01. The van der Waals surface area contributed by atoms with Crippen molar-refractivity contribution in [2.24, 2.45) is 0 Å². The fourth-order valence-corrected chi connectivity index (χ4v) is 3.96. The van der Waals surface area contributed by atoms with Crippen LogP contribution < -0.4 is 15.1 Å². The van der Waals surface area contributed by atoms with Crippen LogP contribution in [0.25, 0.3) is 0 Å². The number of hydrogen-bond donors (Lipinski definition) is 3. The third-order valence-electron chi connectivity index (χ3n) is 5.24. The van der Waals surface area contributed by atoms with Crippen molar-refractivity contribution in [1.29, 1.82) is 0 Å². The van der Waals surface area contributed by atoms with Gasteiger partial charge >= 0.3 is 0 Å². The lowest BCUT2D eigenvalue weighted by molar-refractivity contribution is -1.02. The predicted molar refractivity (Wildman–Crippen MR) is 109 cm³/mol. The molecule has 3 rings (SSSR count). The number of quaternary nitrogens is 2. The minimum absolute atomic E-state index is 0.147. The molecule has 0 spiro atoms. The molecule has 0 atom stereocenters. The maximum atomic E-state index is 12.2. The van der Waals surface area contributed by atoms with Gasteiger partial charge in [0.2, 0.25) is 0 Å². The van der Waals surface area contributed by atoms with Crippen LogP contribution in [0.15, 0.2) is 48.5 Å². The van der Waals surface area contributed by atoms with Crippen LogP contribution in [0.4, 0.5) is 0 Å². The zero-order valence-corrected chi connectivity index (χ0v) is 16.8. The first-order valence-corrected chi connectivity index (χ1v) is 10.2. The molecular weight excluding hydrogens is 358 g/mol. The van der Waals surface area contributed by atoms with Gasteiger partial charge in [-0.15, -0.1) is 0 Å². The van der Waals surface area contributed by atoms with E-state index in [0.29, 0.717) is 13.1 Å². The van der Waals surface area contributed by atoms with E-state index in [0.717, 1.165) is 49.7 Å². The van der Waals surface area contributed by atoms with Gasteiger partial charge in [-0.25, -0.2) is 0 Å². The number of nitrogens with one attached hydrogen (secondary N) is 3. The SMILES string of the molecule is Cc1cccc(C[NH+]2CC[NH+](CC(=O)NCCc3cccc(Cl)c3)CC2)c1. The molecule has 1 saturated heterocycles. The van der Waals surface area contributed by atoms with Crippen LogP contribution in [0.3, 0.4) is 0 Å². The summed E-state index contributed by atoms with van der Waals surface area (Å²) in [5.41, 5.74) is 3.89. The molecule has 1 fully saturated rings. The van der Waals surface area contributed by atoms with Crippen LogP contribution in [-0.4, -0.2) is 45.2 Å². The van der Waals surface area contributed by atoms with Gasteiger partial charge in [0.15, 0.2) is 6.54 Å². The van der Waals surface area contributed by atoms with Crippen molar-refractivity contribution in [3.05, 3.63) is 70.2 Å². The number of carbonyl (C=O) groups is 1. The van der Waals surface area contributed by atoms with Crippen LogP contribution in [0.5, 0.6) is 0 Å². The van der Waals surface area contributed by atoms with Gasteiger partial charge in [-0.2, -0.15) is 0 Å². The molecule has 0 bridgehead atoms. The number of hydrogen-bond acceptors (Lipinski definition) is 1. The molecule has 2 aromatic carbocycles.